The van der Waals surface area contributed by atoms with E-state index in [2.05, 4.69) is 34.1 Å². The van der Waals surface area contributed by atoms with Gasteiger partial charge in [-0.2, -0.15) is 0 Å². The molecule has 2 heterocycles. The number of hydrogen-bond donors (Lipinski definition) is 0. The summed E-state index contributed by atoms with van der Waals surface area (Å²) in [6, 6.07) is 10.9. The Balaban J connectivity index is 1.62. The van der Waals surface area contributed by atoms with Crippen molar-refractivity contribution >= 4 is 0 Å². The van der Waals surface area contributed by atoms with Gasteiger partial charge in [0.25, 0.3) is 0 Å². The van der Waals surface area contributed by atoms with E-state index in [9.17, 15) is 4.39 Å². The van der Waals surface area contributed by atoms with Crippen LogP contribution in [-0.2, 0) is 6.54 Å². The summed E-state index contributed by atoms with van der Waals surface area (Å²) < 4.78 is 13.3. The third-order valence-electron chi connectivity index (χ3n) is 3.92. The summed E-state index contributed by atoms with van der Waals surface area (Å²) >= 11 is 0. The summed E-state index contributed by atoms with van der Waals surface area (Å²) in [7, 11) is 0. The molecule has 2 nitrogen and oxygen atoms in total. The van der Waals surface area contributed by atoms with Crippen LogP contribution >= 0.6 is 0 Å². The minimum absolute atomic E-state index is 0.0674. The second-order valence-corrected chi connectivity index (χ2v) is 5.22. The highest BCUT2D eigenvalue weighted by Crippen LogP contribution is 2.23. The van der Waals surface area contributed by atoms with Crippen molar-refractivity contribution < 1.29 is 4.39 Å². The summed E-state index contributed by atoms with van der Waals surface area (Å²) in [5, 5.41) is 0. The summed E-state index contributed by atoms with van der Waals surface area (Å²) in [4.78, 5) is 4.83. The molecule has 2 aliphatic rings. The van der Waals surface area contributed by atoms with Crippen LogP contribution < -0.4 is 0 Å². The van der Waals surface area contributed by atoms with E-state index in [1.54, 1.807) is 6.08 Å². The molecule has 1 aromatic carbocycles. The van der Waals surface area contributed by atoms with Crippen molar-refractivity contribution in [1.29, 1.82) is 0 Å². The van der Waals surface area contributed by atoms with Crippen LogP contribution in [-0.4, -0.2) is 42.0 Å². The van der Waals surface area contributed by atoms with Crippen molar-refractivity contribution in [2.45, 2.75) is 19.0 Å². The number of fused-ring (bicyclic) bond motifs is 1. The second-order valence-electron chi connectivity index (χ2n) is 5.22. The maximum Gasteiger partial charge on any atom is 0.0988 e. The number of hydrogen-bond acceptors (Lipinski definition) is 2. The van der Waals surface area contributed by atoms with Gasteiger partial charge in [-0.05, 0) is 11.6 Å². The van der Waals surface area contributed by atoms with E-state index in [0.717, 1.165) is 32.7 Å². The van der Waals surface area contributed by atoms with Gasteiger partial charge in [-0.15, -0.1) is 0 Å². The zero-order valence-corrected chi connectivity index (χ0v) is 10.6. The molecular formula is C15H19FN2. The molecule has 96 valence electrons. The molecule has 2 aliphatic heterocycles. The van der Waals surface area contributed by atoms with Crippen LogP contribution in [0.3, 0.4) is 0 Å². The Bertz CT molecular complexity index is 429. The van der Waals surface area contributed by atoms with Crippen molar-refractivity contribution in [2.75, 3.05) is 26.2 Å². The zero-order chi connectivity index (χ0) is 12.4. The standard InChI is InChI=1S/C15H19FN2/c16-14-6-7-18-9-8-17(12-15(18)10-14)11-13-4-2-1-3-5-13/h1-6,15H,7-12H2. The Hall–Kier alpha value is -1.19. The predicted octanol–water partition coefficient (Wildman–Crippen LogP) is 2.43. The fourth-order valence-corrected chi connectivity index (χ4v) is 2.90. The Morgan fingerprint density at radius 2 is 2.00 bits per heavy atom. The molecule has 0 aliphatic carbocycles. The van der Waals surface area contributed by atoms with Crippen LogP contribution in [0.25, 0.3) is 0 Å². The molecule has 18 heavy (non-hydrogen) atoms. The Morgan fingerprint density at radius 3 is 2.83 bits per heavy atom. The fraction of sp³-hybridized carbons (Fsp3) is 0.467. The Morgan fingerprint density at radius 1 is 1.17 bits per heavy atom. The summed E-state index contributed by atoms with van der Waals surface area (Å²) in [5.41, 5.74) is 1.35. The quantitative estimate of drug-likeness (QED) is 0.791. The maximum absolute atomic E-state index is 13.3. The van der Waals surface area contributed by atoms with Crippen LogP contribution in [0.4, 0.5) is 4.39 Å². The van der Waals surface area contributed by atoms with Gasteiger partial charge < -0.3 is 0 Å². The lowest BCUT2D eigenvalue weighted by molar-refractivity contribution is 0.0690. The number of piperazine rings is 1. The van der Waals surface area contributed by atoms with Gasteiger partial charge in [0.15, 0.2) is 0 Å². The molecule has 0 saturated carbocycles. The first kappa shape index (κ1) is 11.9. The van der Waals surface area contributed by atoms with Crippen molar-refractivity contribution in [1.82, 2.24) is 9.80 Å². The minimum Gasteiger partial charge on any atom is -0.296 e. The molecule has 1 atom stereocenters. The Labute approximate surface area is 108 Å². The summed E-state index contributed by atoms with van der Waals surface area (Å²) in [6.07, 6.45) is 2.31. The SMILES string of the molecule is FC1=CCN2CCN(Cc3ccccc3)CC2C1. The van der Waals surface area contributed by atoms with Crippen molar-refractivity contribution in [3.8, 4) is 0 Å². The summed E-state index contributed by atoms with van der Waals surface area (Å²) in [6.45, 7) is 4.89. The highest BCUT2D eigenvalue weighted by Gasteiger charge is 2.29. The van der Waals surface area contributed by atoms with Crippen molar-refractivity contribution in [2.24, 2.45) is 0 Å². The van der Waals surface area contributed by atoms with Gasteiger partial charge in [-0.1, -0.05) is 30.3 Å². The van der Waals surface area contributed by atoms with E-state index in [-0.39, 0.29) is 5.83 Å². The average molecular weight is 246 g/mol. The zero-order valence-electron chi connectivity index (χ0n) is 10.6. The molecule has 3 heteroatoms. The van der Waals surface area contributed by atoms with Gasteiger partial charge in [0.05, 0.1) is 5.83 Å². The molecule has 3 rings (SSSR count). The molecule has 0 amide bonds. The lowest BCUT2D eigenvalue weighted by atomic mass is 10.0. The number of benzene rings is 1. The lowest BCUT2D eigenvalue weighted by Gasteiger charge is -2.42. The van der Waals surface area contributed by atoms with Crippen LogP contribution in [0, 0.1) is 0 Å². The van der Waals surface area contributed by atoms with E-state index in [1.807, 2.05) is 6.07 Å². The molecule has 0 bridgehead atoms. The number of halogens is 1. The van der Waals surface area contributed by atoms with Gasteiger partial charge in [0.1, 0.15) is 0 Å². The highest BCUT2D eigenvalue weighted by atomic mass is 19.1. The molecule has 0 spiro atoms. The molecule has 1 saturated heterocycles. The van der Waals surface area contributed by atoms with Gasteiger partial charge in [0, 0.05) is 45.2 Å². The minimum atomic E-state index is 0.0674. The van der Waals surface area contributed by atoms with E-state index >= 15 is 0 Å². The molecule has 0 aromatic heterocycles. The third kappa shape index (κ3) is 2.62. The molecule has 0 N–H and O–H groups in total. The monoisotopic (exact) mass is 246 g/mol. The van der Waals surface area contributed by atoms with Crippen molar-refractivity contribution in [3.05, 3.63) is 47.8 Å². The van der Waals surface area contributed by atoms with Crippen molar-refractivity contribution in [3.63, 3.8) is 0 Å². The smallest absolute Gasteiger partial charge is 0.0988 e. The molecular weight excluding hydrogens is 227 g/mol. The largest absolute Gasteiger partial charge is 0.296 e. The van der Waals surface area contributed by atoms with E-state index in [1.165, 1.54) is 5.56 Å². The molecule has 1 aromatic rings. The second kappa shape index (κ2) is 5.21. The maximum atomic E-state index is 13.3. The van der Waals surface area contributed by atoms with Gasteiger partial charge in [-0.25, -0.2) is 4.39 Å². The highest BCUT2D eigenvalue weighted by molar-refractivity contribution is 5.15. The topological polar surface area (TPSA) is 6.48 Å². The Kier molecular flexibility index (Phi) is 3.43. The summed E-state index contributed by atoms with van der Waals surface area (Å²) in [5.74, 6) is 0.0674. The first-order valence-electron chi connectivity index (χ1n) is 6.66. The average Bonchev–Trinajstić information content (AvgIpc) is 2.39. The molecule has 1 unspecified atom stereocenters. The lowest BCUT2D eigenvalue weighted by Crippen LogP contribution is -2.53. The first-order valence-corrected chi connectivity index (χ1v) is 6.66. The predicted molar refractivity (Wildman–Crippen MR) is 70.9 cm³/mol. The van der Waals surface area contributed by atoms with Gasteiger partial charge >= 0.3 is 0 Å². The fourth-order valence-electron chi connectivity index (χ4n) is 2.90. The van der Waals surface area contributed by atoms with Gasteiger partial charge in [-0.3, -0.25) is 9.80 Å². The van der Waals surface area contributed by atoms with Crippen LogP contribution in [0.1, 0.15) is 12.0 Å². The van der Waals surface area contributed by atoms with Crippen LogP contribution in [0.5, 0.6) is 0 Å². The number of rotatable bonds is 2. The van der Waals surface area contributed by atoms with E-state index < -0.39 is 0 Å². The molecule has 1 fully saturated rings. The third-order valence-corrected chi connectivity index (χ3v) is 3.92. The van der Waals surface area contributed by atoms with E-state index in [0.29, 0.717) is 12.5 Å². The normalized spacial score (nSPS) is 25.6. The first-order chi connectivity index (χ1) is 8.81. The number of nitrogens with zero attached hydrogens (tertiary/aromatic N) is 2. The van der Waals surface area contributed by atoms with E-state index in [4.69, 9.17) is 0 Å². The van der Waals surface area contributed by atoms with Crippen LogP contribution in [0.15, 0.2) is 42.2 Å². The van der Waals surface area contributed by atoms with Crippen LogP contribution in [0.2, 0.25) is 0 Å². The molecule has 0 radical (unpaired) electrons. The van der Waals surface area contributed by atoms with Gasteiger partial charge in [0.2, 0.25) is 0 Å².